The SMILES string of the molecule is CN(C)CC[C@H](CSc1ccccc1)Nc1ccc(S(=O)(=O)NC(=O)c2ccc(N3CCN(CC4=C(c5ccc(Cl)cc5)CCCC4)CC3)cc2)cc1[N+](=O)[O-]. The number of nitro benzene ring substituents is 1. The molecular formula is C42H49ClN6O5S2. The first-order valence-electron chi connectivity index (χ1n) is 18.9. The van der Waals surface area contributed by atoms with Crippen molar-refractivity contribution in [2.75, 3.05) is 69.3 Å². The molecule has 1 amide bonds. The second-order valence-electron chi connectivity index (χ2n) is 14.5. The van der Waals surface area contributed by atoms with Crippen LogP contribution in [0.4, 0.5) is 17.1 Å². The predicted octanol–water partition coefficient (Wildman–Crippen LogP) is 8.04. The Labute approximate surface area is 339 Å². The fraction of sp³-hybridized carbons (Fsp3) is 0.357. The minimum atomic E-state index is -4.42. The van der Waals surface area contributed by atoms with Gasteiger partial charge < -0.3 is 15.1 Å². The minimum absolute atomic E-state index is 0.136. The molecule has 2 N–H and O–H groups in total. The molecule has 1 fully saturated rings. The van der Waals surface area contributed by atoms with E-state index in [0.29, 0.717) is 12.2 Å². The highest BCUT2D eigenvalue weighted by Crippen LogP contribution is 2.34. The summed E-state index contributed by atoms with van der Waals surface area (Å²) in [6, 6.07) is 28.5. The van der Waals surface area contributed by atoms with Gasteiger partial charge in [0.2, 0.25) is 0 Å². The van der Waals surface area contributed by atoms with E-state index in [1.807, 2.05) is 73.6 Å². The molecule has 0 spiro atoms. The molecule has 1 aliphatic heterocycles. The van der Waals surface area contributed by atoms with Gasteiger partial charge in [0.25, 0.3) is 21.6 Å². The second kappa shape index (κ2) is 19.2. The number of carbonyl (C=O) groups excluding carboxylic acids is 1. The van der Waals surface area contributed by atoms with Crippen molar-refractivity contribution < 1.29 is 18.1 Å². The Morgan fingerprint density at radius 1 is 0.929 bits per heavy atom. The standard InChI is InChI=1S/C42H49ClN6O5S2/c1-46(2)23-22-35(30-55-37-9-4-3-5-10-37)44-40-21-20-38(28-41(40)49(51)52)56(53,54)45-42(50)32-14-18-36(19-15-32)48-26-24-47(25-27-48)29-33-8-6-7-11-39(33)31-12-16-34(43)17-13-31/h3-5,9-10,12-21,28,35,44H,6-8,11,22-27,29-30H2,1-2H3,(H,45,50)/t35-/m1/s1. The number of nitro groups is 1. The molecule has 0 bridgehead atoms. The molecule has 296 valence electrons. The summed E-state index contributed by atoms with van der Waals surface area (Å²) in [6.07, 6.45) is 5.33. The van der Waals surface area contributed by atoms with Crippen LogP contribution in [-0.2, 0) is 10.0 Å². The third kappa shape index (κ3) is 11.1. The van der Waals surface area contributed by atoms with E-state index in [4.69, 9.17) is 11.6 Å². The topological polar surface area (TPSA) is 128 Å². The molecule has 56 heavy (non-hydrogen) atoms. The number of amides is 1. The molecule has 14 heteroatoms. The Morgan fingerprint density at radius 2 is 1.62 bits per heavy atom. The summed E-state index contributed by atoms with van der Waals surface area (Å²) >= 11 is 7.78. The lowest BCUT2D eigenvalue weighted by atomic mass is 9.87. The molecule has 1 atom stereocenters. The van der Waals surface area contributed by atoms with Gasteiger partial charge in [0.1, 0.15) is 5.69 Å². The van der Waals surface area contributed by atoms with Gasteiger partial charge in [-0.15, -0.1) is 11.8 Å². The molecule has 11 nitrogen and oxygen atoms in total. The summed E-state index contributed by atoms with van der Waals surface area (Å²) in [6.45, 7) is 5.17. The van der Waals surface area contributed by atoms with Crippen LogP contribution < -0.4 is 14.9 Å². The van der Waals surface area contributed by atoms with Crippen molar-refractivity contribution in [3.63, 3.8) is 0 Å². The van der Waals surface area contributed by atoms with Crippen LogP contribution in [-0.4, -0.2) is 94.2 Å². The molecule has 0 aromatic heterocycles. The molecule has 4 aromatic carbocycles. The number of halogens is 1. The van der Waals surface area contributed by atoms with E-state index in [1.165, 1.54) is 41.7 Å². The third-order valence-corrected chi connectivity index (χ3v) is 13.0. The van der Waals surface area contributed by atoms with E-state index < -0.39 is 20.9 Å². The summed E-state index contributed by atoms with van der Waals surface area (Å²) in [5, 5.41) is 16.2. The Bertz CT molecular complexity index is 2110. The smallest absolute Gasteiger partial charge is 0.293 e. The summed E-state index contributed by atoms with van der Waals surface area (Å²) in [5.74, 6) is -0.171. The van der Waals surface area contributed by atoms with Gasteiger partial charge >= 0.3 is 0 Å². The number of hydrogen-bond acceptors (Lipinski definition) is 10. The molecule has 1 heterocycles. The molecule has 4 aromatic rings. The van der Waals surface area contributed by atoms with Crippen LogP contribution in [0.1, 0.15) is 48.0 Å². The molecule has 0 saturated carbocycles. The zero-order valence-electron chi connectivity index (χ0n) is 31.8. The van der Waals surface area contributed by atoms with Crippen LogP contribution in [0.5, 0.6) is 0 Å². The van der Waals surface area contributed by atoms with Crippen LogP contribution in [0.15, 0.2) is 112 Å². The van der Waals surface area contributed by atoms with Gasteiger partial charge in [0, 0.05) is 71.8 Å². The van der Waals surface area contributed by atoms with Crippen LogP contribution in [0.3, 0.4) is 0 Å². The number of sulfonamides is 1. The van der Waals surface area contributed by atoms with Gasteiger partial charge in [-0.3, -0.25) is 19.8 Å². The summed E-state index contributed by atoms with van der Waals surface area (Å²) in [5.41, 5.74) is 5.17. The number of anilines is 2. The normalized spacial score (nSPS) is 15.8. The zero-order chi connectivity index (χ0) is 39.7. The molecule has 6 rings (SSSR count). The van der Waals surface area contributed by atoms with Crippen molar-refractivity contribution in [3.05, 3.63) is 129 Å². The lowest BCUT2D eigenvalue weighted by Crippen LogP contribution is -2.47. The number of allylic oxidation sites excluding steroid dienone is 1. The lowest BCUT2D eigenvalue weighted by Gasteiger charge is -2.37. The molecular weight excluding hydrogens is 768 g/mol. The summed E-state index contributed by atoms with van der Waals surface area (Å²) in [7, 11) is -0.494. The highest BCUT2D eigenvalue weighted by atomic mass is 35.5. The molecule has 1 aliphatic carbocycles. The van der Waals surface area contributed by atoms with E-state index in [0.717, 1.165) is 73.8 Å². The lowest BCUT2D eigenvalue weighted by molar-refractivity contribution is -0.384. The van der Waals surface area contributed by atoms with E-state index >= 15 is 0 Å². The van der Waals surface area contributed by atoms with E-state index in [-0.39, 0.29) is 27.9 Å². The minimum Gasteiger partial charge on any atom is -0.376 e. The maximum absolute atomic E-state index is 13.4. The van der Waals surface area contributed by atoms with Crippen LogP contribution in [0.25, 0.3) is 5.57 Å². The van der Waals surface area contributed by atoms with Crippen molar-refractivity contribution in [1.29, 1.82) is 0 Å². The van der Waals surface area contributed by atoms with Gasteiger partial charge in [-0.2, -0.15) is 0 Å². The average molecular weight is 817 g/mol. The fourth-order valence-electron chi connectivity index (χ4n) is 7.14. The monoisotopic (exact) mass is 816 g/mol. The van der Waals surface area contributed by atoms with Crippen molar-refractivity contribution in [2.45, 2.75) is 47.9 Å². The number of piperazine rings is 1. The highest BCUT2D eigenvalue weighted by Gasteiger charge is 2.26. The van der Waals surface area contributed by atoms with Gasteiger partial charge in [0.05, 0.1) is 9.82 Å². The number of carbonyl (C=O) groups is 1. The second-order valence-corrected chi connectivity index (χ2v) is 17.7. The van der Waals surface area contributed by atoms with E-state index in [2.05, 4.69) is 32.0 Å². The summed E-state index contributed by atoms with van der Waals surface area (Å²) in [4.78, 5) is 32.3. The Balaban J connectivity index is 1.06. The maximum atomic E-state index is 13.4. The number of nitrogens with one attached hydrogen (secondary N) is 2. The zero-order valence-corrected chi connectivity index (χ0v) is 34.2. The van der Waals surface area contributed by atoms with Gasteiger partial charge in [-0.25, -0.2) is 13.1 Å². The van der Waals surface area contributed by atoms with Gasteiger partial charge in [-0.1, -0.05) is 47.5 Å². The van der Waals surface area contributed by atoms with Crippen molar-refractivity contribution >= 4 is 61.9 Å². The van der Waals surface area contributed by atoms with Crippen molar-refractivity contribution in [2.24, 2.45) is 0 Å². The maximum Gasteiger partial charge on any atom is 0.293 e. The predicted molar refractivity (Wildman–Crippen MR) is 227 cm³/mol. The van der Waals surface area contributed by atoms with E-state index in [1.54, 1.807) is 23.9 Å². The van der Waals surface area contributed by atoms with Crippen molar-refractivity contribution in [3.8, 4) is 0 Å². The number of nitrogens with zero attached hydrogens (tertiary/aromatic N) is 4. The fourth-order valence-corrected chi connectivity index (χ4v) is 9.25. The Hall–Kier alpha value is -4.40. The number of hydrogen-bond donors (Lipinski definition) is 2. The number of rotatable bonds is 16. The van der Waals surface area contributed by atoms with Crippen LogP contribution >= 0.6 is 23.4 Å². The first-order valence-corrected chi connectivity index (χ1v) is 21.8. The molecule has 2 aliphatic rings. The number of thioether (sulfide) groups is 1. The summed E-state index contributed by atoms with van der Waals surface area (Å²) < 4.78 is 28.8. The van der Waals surface area contributed by atoms with Crippen LogP contribution in [0, 0.1) is 10.1 Å². The van der Waals surface area contributed by atoms with Crippen LogP contribution in [0.2, 0.25) is 5.02 Å². The molecule has 0 radical (unpaired) electrons. The Kier molecular flexibility index (Phi) is 14.1. The number of benzene rings is 4. The molecule has 0 unspecified atom stereocenters. The highest BCUT2D eigenvalue weighted by molar-refractivity contribution is 7.99. The first-order chi connectivity index (χ1) is 26.9. The van der Waals surface area contributed by atoms with Gasteiger partial charge in [0.15, 0.2) is 0 Å². The third-order valence-electron chi connectivity index (χ3n) is 10.2. The van der Waals surface area contributed by atoms with Crippen molar-refractivity contribution in [1.82, 2.24) is 14.5 Å². The van der Waals surface area contributed by atoms with Gasteiger partial charge in [-0.05, 0) is 125 Å². The quantitative estimate of drug-likeness (QED) is 0.0652. The average Bonchev–Trinajstić information content (AvgIpc) is 3.20. The van der Waals surface area contributed by atoms with E-state index in [9.17, 15) is 23.3 Å². The Morgan fingerprint density at radius 3 is 2.30 bits per heavy atom. The largest absolute Gasteiger partial charge is 0.376 e. The molecule has 1 saturated heterocycles. The first kappa shape index (κ1) is 41.2.